The average Bonchev–Trinajstić information content (AvgIpc) is 2.46. The molecule has 0 radical (unpaired) electrons. The van der Waals surface area contributed by atoms with Gasteiger partial charge in [-0.3, -0.25) is 0 Å². The van der Waals surface area contributed by atoms with Gasteiger partial charge in [0.25, 0.3) is 0 Å². The van der Waals surface area contributed by atoms with Crippen molar-refractivity contribution in [3.8, 4) is 5.88 Å². The van der Waals surface area contributed by atoms with Crippen molar-refractivity contribution < 1.29 is 4.74 Å². The predicted octanol–water partition coefficient (Wildman–Crippen LogP) is 2.07. The number of nitrogens with one attached hydrogen (secondary N) is 1. The Morgan fingerprint density at radius 2 is 2.42 bits per heavy atom. The zero-order valence-corrected chi connectivity index (χ0v) is 8.07. The topological polar surface area (TPSA) is 34.2 Å². The van der Waals surface area contributed by atoms with E-state index >= 15 is 0 Å². The van der Waals surface area contributed by atoms with E-state index in [4.69, 9.17) is 4.74 Å². The molecule has 0 atom stereocenters. The average molecular weight is 184 g/mol. The van der Waals surface area contributed by atoms with E-state index in [-0.39, 0.29) is 0 Å². The molecule has 0 fully saturated rings. The second-order valence-corrected chi connectivity index (χ2v) is 4.15. The molecule has 2 heterocycles. The maximum atomic E-state index is 5.39. The lowest BCUT2D eigenvalue weighted by molar-refractivity contribution is 0.312. The molecule has 0 saturated carbocycles. The minimum absolute atomic E-state index is 0.492. The van der Waals surface area contributed by atoms with Crippen LogP contribution >= 0.6 is 11.3 Å². The van der Waals surface area contributed by atoms with Crippen LogP contribution < -0.4 is 10.1 Å². The minimum Gasteiger partial charge on any atom is -0.474 e. The molecule has 66 valence electrons. The van der Waals surface area contributed by atoms with E-state index in [9.17, 15) is 0 Å². The van der Waals surface area contributed by atoms with Crippen LogP contribution in [0.1, 0.15) is 24.8 Å². The molecule has 1 aromatic rings. The molecule has 1 aliphatic rings. The van der Waals surface area contributed by atoms with Gasteiger partial charge in [0, 0.05) is 12.5 Å². The van der Waals surface area contributed by atoms with Gasteiger partial charge in [-0.1, -0.05) is 25.2 Å². The van der Waals surface area contributed by atoms with Crippen LogP contribution in [0.15, 0.2) is 0 Å². The summed E-state index contributed by atoms with van der Waals surface area (Å²) in [5.74, 6) is 1.28. The van der Waals surface area contributed by atoms with Gasteiger partial charge in [0.05, 0.1) is 0 Å². The number of fused-ring (bicyclic) bond motifs is 1. The number of hydrogen-bond acceptors (Lipinski definition) is 4. The zero-order valence-electron chi connectivity index (χ0n) is 7.26. The van der Waals surface area contributed by atoms with Crippen LogP contribution in [-0.4, -0.2) is 18.1 Å². The monoisotopic (exact) mass is 184 g/mol. The summed E-state index contributed by atoms with van der Waals surface area (Å²) in [5.41, 5.74) is 0. The van der Waals surface area contributed by atoms with E-state index in [0.29, 0.717) is 5.92 Å². The third-order valence-electron chi connectivity index (χ3n) is 1.73. The largest absolute Gasteiger partial charge is 0.474 e. The first-order valence-corrected chi connectivity index (χ1v) is 4.96. The Bertz CT molecular complexity index is 259. The van der Waals surface area contributed by atoms with Gasteiger partial charge in [-0.2, -0.15) is 0 Å². The van der Waals surface area contributed by atoms with Gasteiger partial charge in [-0.05, 0) is 0 Å². The molecule has 0 aliphatic carbocycles. The van der Waals surface area contributed by atoms with Gasteiger partial charge in [0.15, 0.2) is 5.00 Å². The van der Waals surface area contributed by atoms with Gasteiger partial charge < -0.3 is 10.1 Å². The van der Waals surface area contributed by atoms with Crippen molar-refractivity contribution in [2.45, 2.75) is 19.8 Å². The Labute approximate surface area is 75.8 Å². The molecule has 0 unspecified atom stereocenters. The predicted molar refractivity (Wildman–Crippen MR) is 50.2 cm³/mol. The van der Waals surface area contributed by atoms with Gasteiger partial charge in [0.2, 0.25) is 5.88 Å². The Hall–Kier alpha value is -0.770. The van der Waals surface area contributed by atoms with Crippen LogP contribution in [0, 0.1) is 0 Å². The fourth-order valence-corrected chi connectivity index (χ4v) is 2.03. The number of anilines is 1. The van der Waals surface area contributed by atoms with E-state index < -0.39 is 0 Å². The second-order valence-electron chi connectivity index (χ2n) is 3.12. The van der Waals surface area contributed by atoms with Crippen molar-refractivity contribution >= 4 is 16.3 Å². The zero-order chi connectivity index (χ0) is 8.55. The first-order valence-electron chi connectivity index (χ1n) is 4.15. The van der Waals surface area contributed by atoms with E-state index in [1.54, 1.807) is 11.3 Å². The number of aromatic nitrogens is 1. The van der Waals surface area contributed by atoms with E-state index in [1.165, 1.54) is 0 Å². The van der Waals surface area contributed by atoms with Crippen molar-refractivity contribution in [2.24, 2.45) is 0 Å². The van der Waals surface area contributed by atoms with E-state index in [1.807, 2.05) is 0 Å². The minimum atomic E-state index is 0.492. The van der Waals surface area contributed by atoms with Gasteiger partial charge >= 0.3 is 0 Å². The van der Waals surface area contributed by atoms with Gasteiger partial charge in [-0.25, -0.2) is 4.98 Å². The number of ether oxygens (including phenoxy) is 1. The lowest BCUT2D eigenvalue weighted by Crippen LogP contribution is -2.16. The number of rotatable bonds is 1. The Morgan fingerprint density at radius 3 is 3.08 bits per heavy atom. The summed E-state index contributed by atoms with van der Waals surface area (Å²) in [7, 11) is 0. The van der Waals surface area contributed by atoms with Crippen LogP contribution in [0.3, 0.4) is 0 Å². The molecule has 12 heavy (non-hydrogen) atoms. The van der Waals surface area contributed by atoms with Crippen molar-refractivity contribution in [3.05, 3.63) is 5.01 Å². The van der Waals surface area contributed by atoms with Gasteiger partial charge in [-0.15, -0.1) is 0 Å². The molecule has 1 aromatic heterocycles. The SMILES string of the molecule is CC(C)c1nc2c(s1)NCCO2. The maximum Gasteiger partial charge on any atom is 0.249 e. The summed E-state index contributed by atoms with van der Waals surface area (Å²) in [6.45, 7) is 5.91. The highest BCUT2D eigenvalue weighted by Crippen LogP contribution is 2.35. The molecular weight excluding hydrogens is 172 g/mol. The molecule has 0 aromatic carbocycles. The summed E-state index contributed by atoms with van der Waals surface area (Å²) < 4.78 is 5.39. The standard InChI is InChI=1S/C8H12N2OS/c1-5(2)7-10-6-8(12-7)9-3-4-11-6/h5,9H,3-4H2,1-2H3. The third kappa shape index (κ3) is 1.27. The Balaban J connectivity index is 2.32. The van der Waals surface area contributed by atoms with Crippen LogP contribution in [-0.2, 0) is 0 Å². The number of thiazole rings is 1. The maximum absolute atomic E-state index is 5.39. The molecule has 4 heteroatoms. The number of nitrogens with zero attached hydrogens (tertiary/aromatic N) is 1. The van der Waals surface area contributed by atoms with Crippen LogP contribution in [0.5, 0.6) is 5.88 Å². The molecule has 0 bridgehead atoms. The van der Waals surface area contributed by atoms with Crippen molar-refractivity contribution in [2.75, 3.05) is 18.5 Å². The van der Waals surface area contributed by atoms with Gasteiger partial charge in [0.1, 0.15) is 11.6 Å². The normalized spacial score (nSPS) is 15.2. The number of hydrogen-bond donors (Lipinski definition) is 1. The molecule has 0 amide bonds. The summed E-state index contributed by atoms with van der Waals surface area (Å²) in [6, 6.07) is 0. The molecule has 2 rings (SSSR count). The highest BCUT2D eigenvalue weighted by Gasteiger charge is 2.17. The van der Waals surface area contributed by atoms with Crippen LogP contribution in [0.2, 0.25) is 0 Å². The van der Waals surface area contributed by atoms with Crippen molar-refractivity contribution in [1.29, 1.82) is 0 Å². The molecule has 3 nitrogen and oxygen atoms in total. The molecule has 0 spiro atoms. The lowest BCUT2D eigenvalue weighted by Gasteiger charge is -2.12. The second kappa shape index (κ2) is 2.94. The summed E-state index contributed by atoms with van der Waals surface area (Å²) in [5, 5.41) is 5.50. The first kappa shape index (κ1) is 7.86. The smallest absolute Gasteiger partial charge is 0.249 e. The molecule has 0 saturated heterocycles. The summed E-state index contributed by atoms with van der Waals surface area (Å²) >= 11 is 1.70. The Kier molecular flexibility index (Phi) is 1.92. The van der Waals surface area contributed by atoms with E-state index in [2.05, 4.69) is 24.1 Å². The molecular formula is C8H12N2OS. The summed E-state index contributed by atoms with van der Waals surface area (Å²) in [4.78, 5) is 4.38. The highest BCUT2D eigenvalue weighted by molar-refractivity contribution is 7.16. The fourth-order valence-electron chi connectivity index (χ4n) is 1.09. The first-order chi connectivity index (χ1) is 5.77. The van der Waals surface area contributed by atoms with Crippen molar-refractivity contribution in [3.63, 3.8) is 0 Å². The summed E-state index contributed by atoms with van der Waals surface area (Å²) in [6.07, 6.45) is 0. The Morgan fingerprint density at radius 1 is 1.58 bits per heavy atom. The van der Waals surface area contributed by atoms with Crippen molar-refractivity contribution in [1.82, 2.24) is 4.98 Å². The van der Waals surface area contributed by atoms with Crippen LogP contribution in [0.4, 0.5) is 5.00 Å². The fraction of sp³-hybridized carbons (Fsp3) is 0.625. The third-order valence-corrected chi connectivity index (χ3v) is 3.03. The van der Waals surface area contributed by atoms with E-state index in [0.717, 1.165) is 29.0 Å². The molecule has 1 N–H and O–H groups in total. The quantitative estimate of drug-likeness (QED) is 0.725. The lowest BCUT2D eigenvalue weighted by atomic mass is 10.2. The van der Waals surface area contributed by atoms with Crippen LogP contribution in [0.25, 0.3) is 0 Å². The highest BCUT2D eigenvalue weighted by atomic mass is 32.1. The molecule has 1 aliphatic heterocycles.